The molecule has 130 valence electrons. The van der Waals surface area contributed by atoms with Gasteiger partial charge in [0.15, 0.2) is 0 Å². The number of hydrogen-bond donors (Lipinski definition) is 0. The lowest BCUT2D eigenvalue weighted by atomic mass is 10.0. The lowest BCUT2D eigenvalue weighted by Gasteiger charge is -2.09. The van der Waals surface area contributed by atoms with Crippen molar-refractivity contribution in [3.05, 3.63) is 59.7 Å². The van der Waals surface area contributed by atoms with Gasteiger partial charge in [-0.1, -0.05) is 43.8 Å². The lowest BCUT2D eigenvalue weighted by Crippen LogP contribution is -2.14. The number of allylic oxidation sites excluding steroid dienone is 1. The number of ether oxygens (including phenoxy) is 1. The van der Waals surface area contributed by atoms with E-state index in [1.54, 1.807) is 0 Å². The highest BCUT2D eigenvalue weighted by atomic mass is 32.2. The predicted molar refractivity (Wildman–Crippen MR) is 105 cm³/mol. The van der Waals surface area contributed by atoms with Gasteiger partial charge in [-0.2, -0.15) is 0 Å². The second-order valence-corrected chi connectivity index (χ2v) is 7.23. The van der Waals surface area contributed by atoms with E-state index in [0.29, 0.717) is 11.3 Å². The van der Waals surface area contributed by atoms with Gasteiger partial charge in [0.2, 0.25) is 0 Å². The Morgan fingerprint density at radius 1 is 1.27 bits per heavy atom. The van der Waals surface area contributed by atoms with Crippen LogP contribution in [0.5, 0.6) is 0 Å². The molecule has 1 aliphatic heterocycles. The number of fused-ring (bicyclic) bond motifs is 3. The topological polar surface area (TPSA) is 55.7 Å². The molecule has 4 rings (SSSR count). The summed E-state index contributed by atoms with van der Waals surface area (Å²) in [5, 5.41) is 2.19. The molecule has 2 aliphatic rings. The van der Waals surface area contributed by atoms with Gasteiger partial charge in [-0.3, -0.25) is 4.79 Å². The van der Waals surface area contributed by atoms with Crippen molar-refractivity contribution in [3.63, 3.8) is 0 Å². The average Bonchev–Trinajstić information content (AvgIpc) is 3.14. The maximum atomic E-state index is 12.4. The highest BCUT2D eigenvalue weighted by Crippen LogP contribution is 2.45. The van der Waals surface area contributed by atoms with E-state index in [-0.39, 0.29) is 12.2 Å². The molecule has 0 unspecified atom stereocenters. The first-order chi connectivity index (χ1) is 12.7. The van der Waals surface area contributed by atoms with Crippen molar-refractivity contribution in [2.75, 3.05) is 12.4 Å². The van der Waals surface area contributed by atoms with Gasteiger partial charge >= 0.3 is 5.97 Å². The van der Waals surface area contributed by atoms with Gasteiger partial charge < -0.3 is 4.74 Å². The molecular formula is C21H17NO3S. The molecular weight excluding hydrogens is 346 g/mol. The first kappa shape index (κ1) is 16.8. The summed E-state index contributed by atoms with van der Waals surface area (Å²) in [6.45, 7) is 5.75. The molecule has 2 aromatic carbocycles. The molecule has 0 N–H and O–H groups in total. The normalized spacial score (nSPS) is 14.7. The smallest absolute Gasteiger partial charge is 0.344 e. The molecule has 0 fully saturated rings. The van der Waals surface area contributed by atoms with Crippen molar-refractivity contribution in [3.8, 4) is 0 Å². The van der Waals surface area contributed by atoms with Crippen LogP contribution in [-0.2, 0) is 14.3 Å². The van der Waals surface area contributed by atoms with Crippen LogP contribution < -0.4 is 0 Å². The molecule has 1 aliphatic carbocycles. The maximum Gasteiger partial charge on any atom is 0.344 e. The molecule has 0 radical (unpaired) electrons. The van der Waals surface area contributed by atoms with Crippen LogP contribution in [0, 0.1) is 0 Å². The summed E-state index contributed by atoms with van der Waals surface area (Å²) in [5.41, 5.74) is 2.99. The monoisotopic (exact) mass is 363 g/mol. The quantitative estimate of drug-likeness (QED) is 0.335. The fourth-order valence-electron chi connectivity index (χ4n) is 3.42. The third kappa shape index (κ3) is 2.42. The summed E-state index contributed by atoms with van der Waals surface area (Å²) in [4.78, 5) is 30.1. The number of rotatable bonds is 6. The zero-order chi connectivity index (χ0) is 18.3. The van der Waals surface area contributed by atoms with Gasteiger partial charge in [0, 0.05) is 21.4 Å². The number of carbonyl (C=O) groups is 2. The predicted octanol–water partition coefficient (Wildman–Crippen LogP) is 4.17. The van der Waals surface area contributed by atoms with Crippen LogP contribution in [0.3, 0.4) is 0 Å². The molecule has 4 nitrogen and oxygen atoms in total. The van der Waals surface area contributed by atoms with Gasteiger partial charge in [-0.05, 0) is 29.2 Å². The Kier molecular flexibility index (Phi) is 4.24. The summed E-state index contributed by atoms with van der Waals surface area (Å²) in [6.07, 6.45) is 2.57. The zero-order valence-corrected chi connectivity index (χ0v) is 15.2. The van der Waals surface area contributed by atoms with Crippen LogP contribution in [0.1, 0.15) is 24.5 Å². The lowest BCUT2D eigenvalue weighted by molar-refractivity contribution is -0.139. The summed E-state index contributed by atoms with van der Waals surface area (Å²) < 4.78 is 5.11. The van der Waals surface area contributed by atoms with E-state index >= 15 is 0 Å². The Morgan fingerprint density at radius 3 is 2.88 bits per heavy atom. The Balaban J connectivity index is 1.91. The van der Waals surface area contributed by atoms with Crippen LogP contribution in [0.25, 0.3) is 16.3 Å². The Labute approximate surface area is 155 Å². The number of thioether (sulfide) groups is 1. The largest absolute Gasteiger partial charge is 0.458 e. The minimum Gasteiger partial charge on any atom is -0.458 e. The van der Waals surface area contributed by atoms with Gasteiger partial charge in [0.1, 0.15) is 12.2 Å². The molecule has 0 saturated heterocycles. The van der Waals surface area contributed by atoms with Gasteiger partial charge in [-0.15, -0.1) is 11.8 Å². The number of nitrogens with zero attached hydrogens (tertiary/aromatic N) is 1. The highest BCUT2D eigenvalue weighted by Gasteiger charge is 2.39. The molecule has 0 bridgehead atoms. The Bertz CT molecular complexity index is 1030. The van der Waals surface area contributed by atoms with E-state index in [0.717, 1.165) is 34.1 Å². The SMILES string of the molecule is C=CCOC(=O)C1=C2C(=NC1=O)c1cccc3c(SCCC)ccc2c13. The van der Waals surface area contributed by atoms with E-state index in [2.05, 4.69) is 30.6 Å². The van der Waals surface area contributed by atoms with E-state index in [9.17, 15) is 9.59 Å². The maximum absolute atomic E-state index is 12.4. The Hall–Kier alpha value is -2.66. The molecule has 0 saturated carbocycles. The molecule has 0 spiro atoms. The fourth-order valence-corrected chi connectivity index (χ4v) is 4.33. The number of hydrogen-bond acceptors (Lipinski definition) is 4. The van der Waals surface area contributed by atoms with Gasteiger partial charge in [0.25, 0.3) is 5.91 Å². The first-order valence-corrected chi connectivity index (χ1v) is 9.50. The number of carbonyl (C=O) groups excluding carboxylic acids is 2. The number of esters is 1. The van der Waals surface area contributed by atoms with Crippen LogP contribution >= 0.6 is 11.8 Å². The van der Waals surface area contributed by atoms with Crippen molar-refractivity contribution in [1.29, 1.82) is 0 Å². The minimum atomic E-state index is -0.644. The van der Waals surface area contributed by atoms with Gasteiger partial charge in [0.05, 0.1) is 5.71 Å². The van der Waals surface area contributed by atoms with E-state index in [4.69, 9.17) is 4.74 Å². The molecule has 26 heavy (non-hydrogen) atoms. The molecule has 5 heteroatoms. The van der Waals surface area contributed by atoms with E-state index in [1.165, 1.54) is 11.0 Å². The fraction of sp³-hybridized carbons (Fsp3) is 0.190. The molecule has 2 aromatic rings. The minimum absolute atomic E-state index is 0.0216. The van der Waals surface area contributed by atoms with E-state index in [1.807, 2.05) is 30.0 Å². The van der Waals surface area contributed by atoms with Crippen LogP contribution in [0.15, 0.2) is 58.4 Å². The van der Waals surface area contributed by atoms with Crippen molar-refractivity contribution in [2.24, 2.45) is 4.99 Å². The van der Waals surface area contributed by atoms with Crippen LogP contribution in [-0.4, -0.2) is 29.9 Å². The molecule has 0 aromatic heterocycles. The molecule has 1 heterocycles. The van der Waals surface area contributed by atoms with E-state index < -0.39 is 11.9 Å². The summed E-state index contributed by atoms with van der Waals surface area (Å²) in [6, 6.07) is 10.1. The summed E-state index contributed by atoms with van der Waals surface area (Å²) in [5.74, 6) is -0.134. The summed E-state index contributed by atoms with van der Waals surface area (Å²) in [7, 11) is 0. The highest BCUT2D eigenvalue weighted by molar-refractivity contribution is 7.99. The van der Waals surface area contributed by atoms with Crippen molar-refractivity contribution in [2.45, 2.75) is 18.2 Å². The standard InChI is InChI=1S/C21H17NO3S/c1-3-10-25-21(24)18-17-13-8-9-15(26-11-4-2)12-6-5-7-14(16(12)13)19(17)22-20(18)23/h3,5-9H,1,4,10-11H2,2H3. The average molecular weight is 363 g/mol. The third-order valence-electron chi connectivity index (χ3n) is 4.44. The molecule has 1 amide bonds. The number of benzene rings is 2. The van der Waals surface area contributed by atoms with Crippen molar-refractivity contribution < 1.29 is 14.3 Å². The van der Waals surface area contributed by atoms with Gasteiger partial charge in [-0.25, -0.2) is 9.79 Å². The number of aliphatic imine (C=N–C) groups is 1. The Morgan fingerprint density at radius 2 is 2.12 bits per heavy atom. The zero-order valence-electron chi connectivity index (χ0n) is 14.4. The molecule has 0 atom stereocenters. The van der Waals surface area contributed by atoms with Crippen LogP contribution in [0.4, 0.5) is 0 Å². The second-order valence-electron chi connectivity index (χ2n) is 6.09. The number of amides is 1. The summed E-state index contributed by atoms with van der Waals surface area (Å²) >= 11 is 1.82. The van der Waals surface area contributed by atoms with Crippen molar-refractivity contribution in [1.82, 2.24) is 0 Å². The first-order valence-electron chi connectivity index (χ1n) is 8.52. The third-order valence-corrected chi connectivity index (χ3v) is 5.72. The van der Waals surface area contributed by atoms with Crippen LogP contribution in [0.2, 0.25) is 0 Å². The van der Waals surface area contributed by atoms with Crippen molar-refractivity contribution >= 4 is 45.7 Å². The second kappa shape index (κ2) is 6.57.